The van der Waals surface area contributed by atoms with Crippen LogP contribution >= 0.6 is 12.2 Å². The van der Waals surface area contributed by atoms with E-state index in [9.17, 15) is 9.90 Å². The lowest BCUT2D eigenvalue weighted by Crippen LogP contribution is -2.30. The van der Waals surface area contributed by atoms with Crippen molar-refractivity contribution in [3.8, 4) is 11.6 Å². The van der Waals surface area contributed by atoms with Crippen LogP contribution < -0.4 is 15.3 Å². The second kappa shape index (κ2) is 5.61. The van der Waals surface area contributed by atoms with Gasteiger partial charge in [-0.1, -0.05) is 0 Å². The Morgan fingerprint density at radius 1 is 1.41 bits per heavy atom. The van der Waals surface area contributed by atoms with Crippen molar-refractivity contribution >= 4 is 30.3 Å². The van der Waals surface area contributed by atoms with Crippen molar-refractivity contribution in [2.75, 3.05) is 6.61 Å². The molecule has 1 aliphatic rings. The van der Waals surface area contributed by atoms with Gasteiger partial charge < -0.3 is 19.8 Å². The van der Waals surface area contributed by atoms with Crippen molar-refractivity contribution in [3.05, 3.63) is 44.8 Å². The fraction of sp³-hybridized carbons (Fsp3) is 0.133. The molecule has 1 aliphatic heterocycles. The Bertz CT molecular complexity index is 953. The number of nitrogens with one attached hydrogen (secondary N) is 2. The zero-order valence-corrected chi connectivity index (χ0v) is 12.5. The van der Waals surface area contributed by atoms with E-state index in [-0.39, 0.29) is 16.6 Å². The Balaban J connectivity index is 2.11. The molecule has 1 aromatic heterocycles. The minimum absolute atomic E-state index is 0.118. The molecule has 0 saturated carbocycles. The third-order valence-corrected chi connectivity index (χ3v) is 3.33. The molecule has 1 amide bonds. The van der Waals surface area contributed by atoms with Crippen molar-refractivity contribution in [1.82, 2.24) is 9.97 Å². The van der Waals surface area contributed by atoms with Gasteiger partial charge in [0.2, 0.25) is 5.88 Å². The molecule has 0 bridgehead atoms. The summed E-state index contributed by atoms with van der Waals surface area (Å²) in [7, 11) is 0. The van der Waals surface area contributed by atoms with Crippen molar-refractivity contribution < 1.29 is 14.6 Å². The minimum atomic E-state index is -0.378. The molecule has 1 aromatic carbocycles. The normalized spacial score (nSPS) is 15.1. The van der Waals surface area contributed by atoms with E-state index in [2.05, 4.69) is 15.0 Å². The summed E-state index contributed by atoms with van der Waals surface area (Å²) in [5.41, 5.74) is 0.686. The Kier molecular flexibility index (Phi) is 3.64. The summed E-state index contributed by atoms with van der Waals surface area (Å²) in [5, 5.41) is 11.1. The lowest BCUT2D eigenvalue weighted by molar-refractivity contribution is -0.114. The van der Waals surface area contributed by atoms with E-state index < -0.39 is 0 Å². The van der Waals surface area contributed by atoms with Gasteiger partial charge in [-0.15, -0.1) is 0 Å². The Morgan fingerprint density at radius 3 is 2.91 bits per heavy atom. The molecule has 7 heteroatoms. The molecule has 3 N–H and O–H groups in total. The fourth-order valence-electron chi connectivity index (χ4n) is 2.16. The van der Waals surface area contributed by atoms with Crippen LogP contribution in [0.1, 0.15) is 12.6 Å². The van der Waals surface area contributed by atoms with E-state index in [4.69, 9.17) is 17.0 Å². The Labute approximate surface area is 130 Å². The molecule has 22 heavy (non-hydrogen) atoms. The number of ether oxygens (including phenoxy) is 1. The minimum Gasteiger partial charge on any atom is -0.494 e. The van der Waals surface area contributed by atoms with Crippen LogP contribution in [-0.2, 0) is 4.79 Å². The fourth-order valence-corrected chi connectivity index (χ4v) is 2.37. The van der Waals surface area contributed by atoms with Crippen LogP contribution in [0.3, 0.4) is 0 Å². The molecule has 0 unspecified atom stereocenters. The van der Waals surface area contributed by atoms with Gasteiger partial charge in [0.1, 0.15) is 11.4 Å². The number of carbonyl (C=O) groups is 1. The topological polar surface area (TPSA) is 90.5 Å². The average Bonchev–Trinajstić information content (AvgIpc) is 2.78. The van der Waals surface area contributed by atoms with Gasteiger partial charge in [-0.3, -0.25) is 4.79 Å². The van der Waals surface area contributed by atoms with Gasteiger partial charge in [0.25, 0.3) is 5.91 Å². The number of aromatic amines is 2. The maximum atomic E-state index is 12.1. The number of hydrogen-bond acceptors (Lipinski definition) is 4. The van der Waals surface area contributed by atoms with Crippen LogP contribution in [-0.4, -0.2) is 27.6 Å². The molecule has 0 atom stereocenters. The first-order valence-corrected chi connectivity index (χ1v) is 7.08. The van der Waals surface area contributed by atoms with Crippen LogP contribution in [0.2, 0.25) is 0 Å². The predicted molar refractivity (Wildman–Crippen MR) is 83.5 cm³/mol. The predicted octanol–water partition coefficient (Wildman–Crippen LogP) is 1.20. The number of hydrogen-bond donors (Lipinski definition) is 3. The van der Waals surface area contributed by atoms with Crippen LogP contribution in [0.4, 0.5) is 0 Å². The largest absolute Gasteiger partial charge is 0.494 e. The number of amides is 1. The number of nitrogens with zero attached hydrogens (tertiary/aromatic N) is 1. The molecule has 0 radical (unpaired) electrons. The van der Waals surface area contributed by atoms with Crippen molar-refractivity contribution in [2.45, 2.75) is 6.92 Å². The van der Waals surface area contributed by atoms with E-state index in [1.807, 2.05) is 13.0 Å². The van der Waals surface area contributed by atoms with Gasteiger partial charge in [0.15, 0.2) is 4.77 Å². The van der Waals surface area contributed by atoms with Gasteiger partial charge in [-0.05, 0) is 49.5 Å². The average molecular weight is 315 g/mol. The van der Waals surface area contributed by atoms with Gasteiger partial charge in [0, 0.05) is 10.8 Å². The maximum absolute atomic E-state index is 12.1. The van der Waals surface area contributed by atoms with Crippen LogP contribution in [0.15, 0.2) is 28.8 Å². The molecule has 0 saturated heterocycles. The molecular weight excluding hydrogens is 302 g/mol. The standard InChI is InChI=1S/C15H13N3O3S/c1-2-21-10-3-4-11-8(6-10)5-9(13(19)16-11)7-12-14(20)18-15(22)17-12/h3-7,20H,2H2,1H3,(H2,17,18,22)/b9-7+. The summed E-state index contributed by atoms with van der Waals surface area (Å²) in [6, 6.07) is 5.34. The first kappa shape index (κ1) is 14.3. The van der Waals surface area contributed by atoms with Gasteiger partial charge in [-0.2, -0.15) is 0 Å². The van der Waals surface area contributed by atoms with Gasteiger partial charge in [-0.25, -0.2) is 4.99 Å². The number of aromatic nitrogens is 2. The van der Waals surface area contributed by atoms with E-state index in [1.54, 1.807) is 18.2 Å². The van der Waals surface area contributed by atoms with Crippen LogP contribution in [0.5, 0.6) is 11.6 Å². The summed E-state index contributed by atoms with van der Waals surface area (Å²) in [5.74, 6) is 0.217. The van der Waals surface area contributed by atoms with E-state index in [0.717, 1.165) is 5.22 Å². The lowest BCUT2D eigenvalue weighted by atomic mass is 10.1. The molecule has 112 valence electrons. The van der Waals surface area contributed by atoms with Crippen LogP contribution in [0.25, 0.3) is 12.2 Å². The molecule has 2 heterocycles. The number of aromatic hydroxyl groups is 1. The van der Waals surface area contributed by atoms with Crippen molar-refractivity contribution in [3.63, 3.8) is 0 Å². The molecular formula is C15H13N3O3S. The molecule has 0 spiro atoms. The highest BCUT2D eigenvalue weighted by atomic mass is 32.1. The summed E-state index contributed by atoms with van der Waals surface area (Å²) in [4.78, 5) is 21.4. The quantitative estimate of drug-likeness (QED) is 0.586. The molecule has 6 nitrogen and oxygen atoms in total. The maximum Gasteiger partial charge on any atom is 0.277 e. The SMILES string of the molecule is CCOc1ccc2c(c1)=C/C(=C\c1[nH]c(=S)[nH]c1O)C(=O)N=2. The van der Waals surface area contributed by atoms with E-state index >= 15 is 0 Å². The Morgan fingerprint density at radius 2 is 2.23 bits per heavy atom. The first-order valence-electron chi connectivity index (χ1n) is 6.67. The van der Waals surface area contributed by atoms with Gasteiger partial charge >= 0.3 is 0 Å². The van der Waals surface area contributed by atoms with Gasteiger partial charge in [0.05, 0.1) is 12.0 Å². The molecule has 0 aliphatic carbocycles. The third kappa shape index (κ3) is 2.71. The zero-order valence-electron chi connectivity index (χ0n) is 11.7. The van der Waals surface area contributed by atoms with E-state index in [0.29, 0.717) is 29.0 Å². The summed E-state index contributed by atoms with van der Waals surface area (Å²) >= 11 is 4.89. The van der Waals surface area contributed by atoms with Crippen molar-refractivity contribution in [2.24, 2.45) is 4.99 Å². The monoisotopic (exact) mass is 315 g/mol. The second-order valence-electron chi connectivity index (χ2n) is 4.66. The van der Waals surface area contributed by atoms with Crippen molar-refractivity contribution in [1.29, 1.82) is 0 Å². The summed E-state index contributed by atoms with van der Waals surface area (Å²) in [6.45, 7) is 2.46. The number of rotatable bonds is 3. The van der Waals surface area contributed by atoms with Crippen LogP contribution in [0, 0.1) is 4.77 Å². The number of fused-ring (bicyclic) bond motifs is 1. The second-order valence-corrected chi connectivity index (χ2v) is 5.06. The molecule has 0 fully saturated rings. The highest BCUT2D eigenvalue weighted by molar-refractivity contribution is 7.71. The highest BCUT2D eigenvalue weighted by Gasteiger charge is 2.12. The summed E-state index contributed by atoms with van der Waals surface area (Å²) < 4.78 is 5.72. The molecule has 3 rings (SSSR count). The molecule has 2 aromatic rings. The first-order chi connectivity index (χ1) is 10.6. The highest BCUT2D eigenvalue weighted by Crippen LogP contribution is 2.17. The zero-order chi connectivity index (χ0) is 15.7. The summed E-state index contributed by atoms with van der Waals surface area (Å²) in [6.07, 6.45) is 3.21. The smallest absolute Gasteiger partial charge is 0.277 e. The Hall–Kier alpha value is -2.67. The number of carbonyl (C=O) groups excluding carboxylic acids is 1. The van der Waals surface area contributed by atoms with E-state index in [1.165, 1.54) is 6.08 Å². The number of benzene rings is 1. The lowest BCUT2D eigenvalue weighted by Gasteiger charge is -2.06. The number of H-pyrrole nitrogens is 2. The number of imidazole rings is 1. The third-order valence-electron chi connectivity index (χ3n) is 3.13.